The summed E-state index contributed by atoms with van der Waals surface area (Å²) in [5, 5.41) is 183. The lowest BCUT2D eigenvalue weighted by Gasteiger charge is -2.52. The highest BCUT2D eigenvalue weighted by Crippen LogP contribution is 2.42. The van der Waals surface area contributed by atoms with Crippen LogP contribution in [0.5, 0.6) is 0 Å². The molecule has 5 fully saturated rings. The first-order valence-electron chi connectivity index (χ1n) is 25.6. The lowest BCUT2D eigenvalue weighted by molar-refractivity contribution is -0.401. The van der Waals surface area contributed by atoms with Gasteiger partial charge in [-0.2, -0.15) is 0 Å². The van der Waals surface area contributed by atoms with E-state index in [9.17, 15) is 115 Å². The zero-order chi connectivity index (χ0) is 62.3. The average Bonchev–Trinajstić information content (AvgIpc) is 3.41. The van der Waals surface area contributed by atoms with Crippen molar-refractivity contribution in [2.75, 3.05) is 33.0 Å². The molecule has 0 unspecified atom stereocenters. The zero-order valence-corrected chi connectivity index (χ0v) is 44.9. The molecule has 0 spiro atoms. The maximum Gasteiger partial charge on any atom is 0.364 e. The smallest absolute Gasteiger partial charge is 0.364 e. The number of carboxylic acids is 2. The van der Waals surface area contributed by atoms with E-state index >= 15 is 0 Å². The molecule has 37 nitrogen and oxygen atoms in total. The van der Waals surface area contributed by atoms with Gasteiger partial charge in [0, 0.05) is 47.5 Å². The molecule has 5 heterocycles. The van der Waals surface area contributed by atoms with Crippen LogP contribution in [0.15, 0.2) is 0 Å². The second-order valence-electron chi connectivity index (χ2n) is 20.2. The maximum absolute atomic E-state index is 13.9. The highest BCUT2D eigenvalue weighted by Gasteiger charge is 2.64. The van der Waals surface area contributed by atoms with Crippen LogP contribution in [0.4, 0.5) is 0 Å². The van der Waals surface area contributed by atoms with E-state index in [1.165, 1.54) is 0 Å². The summed E-state index contributed by atoms with van der Waals surface area (Å²) in [6.45, 7) is -1.39. The number of carbonyl (C=O) groups is 7. The number of hydrogen-bond donors (Lipinski definition) is 19. The van der Waals surface area contributed by atoms with Gasteiger partial charge in [-0.25, -0.2) is 9.59 Å². The van der Waals surface area contributed by atoms with Crippen LogP contribution < -0.4 is 16.0 Å². The molecular formula is C46H73N3O34. The van der Waals surface area contributed by atoms with Gasteiger partial charge in [0.2, 0.25) is 17.7 Å². The number of aliphatic hydroxyl groups is 14. The molecule has 5 rings (SSSR count). The van der Waals surface area contributed by atoms with Crippen molar-refractivity contribution in [2.45, 2.75) is 212 Å². The van der Waals surface area contributed by atoms with Gasteiger partial charge in [0.25, 0.3) is 11.6 Å². The molecule has 19 N–H and O–H groups in total. The normalized spacial score (nSPS) is 40.8. The van der Waals surface area contributed by atoms with Gasteiger partial charge >= 0.3 is 23.9 Å². The standard InChI is InChI=1S/C46H73N3O34/c1-13(54)47-25-18(59)7-46(44(71)72,81-37(25)29(63)22(9-51)80-45(43(69)70)6-19(60)26(48-14(2)55)38(82-45)34(74-17(5)58)20(61)12-73-16(4)57)83-39-33(67)42(78-35-23(10-52)75-40(68)32(66)31(35)65)77-24(11-53)36(39)79-41-27(49-15(3)56)30(64)28(62)21(8-50)76-41/h18-42,50-53,59-68H,6-12H2,1-5H3,(H,47,54)(H,48,55)(H,49,56)(H,69,70)(H,71,72)/t18-,19-,20+,21+,22+,23+,24+,25+,26+,27+,28-,29+,30+,31+,32+,33+,34+,35+,36-,37+,38+,39+,40+,41-,42-,45+,46-/m0/s1. The Balaban J connectivity index is 1.63. The highest BCUT2D eigenvalue weighted by atomic mass is 16.8. The number of carbonyl (C=O) groups excluding carboxylic acids is 5. The Morgan fingerprint density at radius 2 is 1.05 bits per heavy atom. The Morgan fingerprint density at radius 3 is 1.55 bits per heavy atom. The minimum absolute atomic E-state index is 0.818. The van der Waals surface area contributed by atoms with Crippen molar-refractivity contribution in [1.29, 1.82) is 0 Å². The van der Waals surface area contributed by atoms with Gasteiger partial charge in [0.15, 0.2) is 25.0 Å². The van der Waals surface area contributed by atoms with Crippen LogP contribution in [0, 0.1) is 0 Å². The predicted molar refractivity (Wildman–Crippen MR) is 255 cm³/mol. The molecular weight excluding hydrogens is 1140 g/mol. The minimum atomic E-state index is -3.57. The van der Waals surface area contributed by atoms with E-state index < -0.39 is 252 Å². The summed E-state index contributed by atoms with van der Waals surface area (Å²) in [6.07, 6.45) is -51.2. The second-order valence-corrected chi connectivity index (χ2v) is 20.2. The monoisotopic (exact) mass is 1210 g/mol. The molecule has 5 aliphatic rings. The number of carboxylic acid groups (broad SMARTS) is 2. The predicted octanol–water partition coefficient (Wildman–Crippen LogP) is -11.9. The molecule has 0 aromatic rings. The third kappa shape index (κ3) is 15.9. The van der Waals surface area contributed by atoms with Crippen molar-refractivity contribution in [1.82, 2.24) is 16.0 Å². The largest absolute Gasteiger partial charge is 0.477 e. The van der Waals surface area contributed by atoms with Crippen molar-refractivity contribution in [3.05, 3.63) is 0 Å². The van der Waals surface area contributed by atoms with E-state index in [1.807, 2.05) is 0 Å². The maximum atomic E-state index is 13.9. The fourth-order valence-electron chi connectivity index (χ4n) is 10.2. The third-order valence-electron chi connectivity index (χ3n) is 14.0. The summed E-state index contributed by atoms with van der Waals surface area (Å²) >= 11 is 0. The van der Waals surface area contributed by atoms with Crippen LogP contribution >= 0.6 is 0 Å². The van der Waals surface area contributed by atoms with Gasteiger partial charge in [-0.15, -0.1) is 0 Å². The summed E-state index contributed by atoms with van der Waals surface area (Å²) in [6, 6.07) is -5.68. The fourth-order valence-corrected chi connectivity index (χ4v) is 10.2. The number of hydrogen-bond acceptors (Lipinski definition) is 32. The molecule has 0 saturated carbocycles. The van der Waals surface area contributed by atoms with Crippen LogP contribution in [0.3, 0.4) is 0 Å². The topological polar surface area (TPSA) is 581 Å². The molecule has 0 aliphatic carbocycles. The summed E-state index contributed by atoms with van der Waals surface area (Å²) in [4.78, 5) is 88.9. The molecule has 3 amide bonds. The van der Waals surface area contributed by atoms with E-state index in [0.717, 1.165) is 34.6 Å². The highest BCUT2D eigenvalue weighted by molar-refractivity contribution is 5.78. The van der Waals surface area contributed by atoms with Crippen LogP contribution in [-0.4, -0.2) is 321 Å². The number of aliphatic hydroxyl groups excluding tert-OH is 14. The molecule has 0 radical (unpaired) electrons. The number of esters is 2. The molecule has 5 saturated heterocycles. The van der Waals surface area contributed by atoms with Crippen molar-refractivity contribution in [3.63, 3.8) is 0 Å². The zero-order valence-electron chi connectivity index (χ0n) is 44.9. The molecule has 0 bridgehead atoms. The van der Waals surface area contributed by atoms with E-state index in [0.29, 0.717) is 0 Å². The van der Waals surface area contributed by atoms with Crippen molar-refractivity contribution in [3.8, 4) is 0 Å². The van der Waals surface area contributed by atoms with Crippen LogP contribution in [0.2, 0.25) is 0 Å². The summed E-state index contributed by atoms with van der Waals surface area (Å²) in [5.41, 5.74) is 0. The number of aliphatic carboxylic acids is 2. The summed E-state index contributed by atoms with van der Waals surface area (Å²) in [5.74, 6) is -16.5. The number of ether oxygens (including phenoxy) is 11. The molecule has 5 aliphatic heterocycles. The first-order chi connectivity index (χ1) is 38.8. The fraction of sp³-hybridized carbons (Fsp3) is 0.848. The Kier molecular flexibility index (Phi) is 24.3. The SMILES string of the molecule is CC(=O)N[C@H]1[C@H](O[C@@H]2[C@H](O[C@]3(C(=O)O)C[C@H](O)[C@@H](NC(C)=O)[C@H]([C@H](O)[C@@H](CO)O[C@]4(C(=O)O)C[C@H](O)[C@@H](NC(C)=O)[C@H]([C@H](OC(C)=O)[C@H](O)COC(C)=O)O4)O3)[C@@H](O)[C@H](O[C@H]3[C@H](O)[C@@H](O)[C@H](O)O[C@@H]3CO)O[C@@H]2CO)O[C@H](CO)[C@H](O)[C@@H]1O. The minimum Gasteiger partial charge on any atom is -0.477 e. The first-order valence-corrected chi connectivity index (χ1v) is 25.6. The van der Waals surface area contributed by atoms with E-state index in [4.69, 9.17) is 52.1 Å². The van der Waals surface area contributed by atoms with Crippen LogP contribution in [-0.2, 0) is 85.7 Å². The third-order valence-corrected chi connectivity index (χ3v) is 14.0. The molecule has 27 atom stereocenters. The Hall–Kier alpha value is -4.63. The molecule has 83 heavy (non-hydrogen) atoms. The Morgan fingerprint density at radius 1 is 0.554 bits per heavy atom. The molecule has 0 aromatic heterocycles. The van der Waals surface area contributed by atoms with Gasteiger partial charge in [-0.3, -0.25) is 24.0 Å². The van der Waals surface area contributed by atoms with Gasteiger partial charge in [0.1, 0.15) is 110 Å². The van der Waals surface area contributed by atoms with Gasteiger partial charge in [0.05, 0.1) is 50.7 Å². The quantitative estimate of drug-likeness (QED) is 0.0399. The number of rotatable bonds is 24. The summed E-state index contributed by atoms with van der Waals surface area (Å²) in [7, 11) is 0. The molecule has 0 aromatic carbocycles. The number of amides is 3. The van der Waals surface area contributed by atoms with Crippen molar-refractivity contribution >= 4 is 41.6 Å². The van der Waals surface area contributed by atoms with Gasteiger partial charge < -0.3 is 150 Å². The van der Waals surface area contributed by atoms with Crippen molar-refractivity contribution in [2.24, 2.45) is 0 Å². The molecule has 37 heteroatoms. The number of nitrogens with one attached hydrogen (secondary N) is 3. The van der Waals surface area contributed by atoms with Gasteiger partial charge in [-0.05, 0) is 0 Å². The van der Waals surface area contributed by atoms with Crippen molar-refractivity contribution < 1.29 is 167 Å². The van der Waals surface area contributed by atoms with E-state index in [2.05, 4.69) is 16.0 Å². The Bertz CT molecular complexity index is 2240. The molecule has 476 valence electrons. The first kappa shape index (κ1) is 69.1. The second kappa shape index (κ2) is 29.2. The van der Waals surface area contributed by atoms with Gasteiger partial charge in [-0.1, -0.05) is 0 Å². The lowest BCUT2D eigenvalue weighted by Crippen LogP contribution is -2.72. The Labute approximate surface area is 469 Å². The van der Waals surface area contributed by atoms with Crippen LogP contribution in [0.25, 0.3) is 0 Å². The van der Waals surface area contributed by atoms with E-state index in [-0.39, 0.29) is 0 Å². The average molecular weight is 1210 g/mol. The van der Waals surface area contributed by atoms with Crippen LogP contribution in [0.1, 0.15) is 47.5 Å². The van der Waals surface area contributed by atoms with E-state index in [1.54, 1.807) is 0 Å². The lowest BCUT2D eigenvalue weighted by atomic mass is 9.87. The summed E-state index contributed by atoms with van der Waals surface area (Å²) < 4.78 is 62.0.